The number of carbonyl (C=O) groups is 1. The summed E-state index contributed by atoms with van der Waals surface area (Å²) < 4.78 is 5.98. The number of hydrogen-bond acceptors (Lipinski definition) is 5. The molecule has 2 rings (SSSR count). The van der Waals surface area contributed by atoms with Gasteiger partial charge in [0.1, 0.15) is 0 Å². The summed E-state index contributed by atoms with van der Waals surface area (Å²) in [4.78, 5) is 16.0. The molecule has 0 spiro atoms. The Kier molecular flexibility index (Phi) is 4.70. The first-order valence-electron chi connectivity index (χ1n) is 6.06. The molecule has 0 aliphatic heterocycles. The van der Waals surface area contributed by atoms with E-state index in [0.717, 1.165) is 15.3 Å². The summed E-state index contributed by atoms with van der Waals surface area (Å²) >= 11 is 1.55. The molecule has 0 atom stereocenters. The highest BCUT2D eigenvalue weighted by atomic mass is 32.1. The minimum absolute atomic E-state index is 0.0625. The lowest BCUT2D eigenvalue weighted by molar-refractivity contribution is -0.119. The number of benzene rings is 1. The van der Waals surface area contributed by atoms with Gasteiger partial charge in [-0.2, -0.15) is 0 Å². The maximum atomic E-state index is 11.5. The summed E-state index contributed by atoms with van der Waals surface area (Å²) in [5.41, 5.74) is 2.15. The van der Waals surface area contributed by atoms with Crippen LogP contribution in [0.5, 0.6) is 0 Å². The number of fused-ring (bicyclic) bond motifs is 1. The van der Waals surface area contributed by atoms with E-state index in [1.165, 1.54) is 5.56 Å². The first-order valence-corrected chi connectivity index (χ1v) is 6.87. The van der Waals surface area contributed by atoms with Crippen LogP contribution in [0.15, 0.2) is 18.2 Å². The molecule has 1 aromatic carbocycles. The van der Waals surface area contributed by atoms with Gasteiger partial charge in [-0.1, -0.05) is 17.4 Å². The second-order valence-corrected chi connectivity index (χ2v) is 5.22. The molecule has 1 aromatic heterocycles. The van der Waals surface area contributed by atoms with Crippen molar-refractivity contribution in [3.8, 4) is 0 Å². The number of aromatic nitrogens is 1. The summed E-state index contributed by atoms with van der Waals surface area (Å²) in [5.74, 6) is -0.0625. The number of ether oxygens (including phenoxy) is 1. The predicted octanol–water partition coefficient (Wildman–Crippen LogP) is 1.78. The lowest BCUT2D eigenvalue weighted by Crippen LogP contribution is -2.32. The number of carbonyl (C=O) groups excluding carboxylic acids is 1. The fourth-order valence-corrected chi connectivity index (χ4v) is 2.47. The van der Waals surface area contributed by atoms with Gasteiger partial charge in [0.05, 0.1) is 23.4 Å². The van der Waals surface area contributed by atoms with E-state index in [0.29, 0.717) is 13.2 Å². The summed E-state index contributed by atoms with van der Waals surface area (Å²) in [7, 11) is 1.60. The Hall–Kier alpha value is -1.66. The van der Waals surface area contributed by atoms with Crippen molar-refractivity contribution in [3.63, 3.8) is 0 Å². The van der Waals surface area contributed by atoms with Crippen LogP contribution in [0.4, 0.5) is 5.13 Å². The van der Waals surface area contributed by atoms with E-state index in [1.807, 2.05) is 19.1 Å². The van der Waals surface area contributed by atoms with Crippen LogP contribution in [-0.2, 0) is 9.53 Å². The molecule has 0 radical (unpaired) electrons. The summed E-state index contributed by atoms with van der Waals surface area (Å²) in [6, 6.07) is 6.14. The third-order valence-electron chi connectivity index (χ3n) is 2.57. The smallest absolute Gasteiger partial charge is 0.239 e. The molecule has 0 unspecified atom stereocenters. The van der Waals surface area contributed by atoms with Crippen molar-refractivity contribution in [2.75, 3.05) is 32.1 Å². The molecule has 0 aliphatic rings. The fraction of sp³-hybridized carbons (Fsp3) is 0.385. The molecule has 1 amide bonds. The molecule has 0 aliphatic carbocycles. The first kappa shape index (κ1) is 13.8. The van der Waals surface area contributed by atoms with Gasteiger partial charge in [-0.25, -0.2) is 4.98 Å². The van der Waals surface area contributed by atoms with Crippen molar-refractivity contribution in [2.24, 2.45) is 0 Å². The van der Waals surface area contributed by atoms with E-state index < -0.39 is 0 Å². The van der Waals surface area contributed by atoms with Crippen LogP contribution >= 0.6 is 11.3 Å². The van der Waals surface area contributed by atoms with Crippen molar-refractivity contribution >= 4 is 32.6 Å². The van der Waals surface area contributed by atoms with E-state index in [9.17, 15) is 4.79 Å². The molecule has 0 saturated heterocycles. The van der Waals surface area contributed by atoms with Crippen LogP contribution in [0.3, 0.4) is 0 Å². The highest BCUT2D eigenvalue weighted by Crippen LogP contribution is 2.26. The van der Waals surface area contributed by atoms with E-state index in [4.69, 9.17) is 4.74 Å². The van der Waals surface area contributed by atoms with Crippen molar-refractivity contribution in [2.45, 2.75) is 6.92 Å². The van der Waals surface area contributed by atoms with Gasteiger partial charge in [0.2, 0.25) is 5.91 Å². The molecule has 102 valence electrons. The van der Waals surface area contributed by atoms with Gasteiger partial charge in [-0.05, 0) is 24.6 Å². The SMILES string of the molecule is COCCNC(=O)CNc1nc2cc(C)ccc2s1. The number of rotatable bonds is 6. The van der Waals surface area contributed by atoms with Gasteiger partial charge in [-0.3, -0.25) is 4.79 Å². The van der Waals surface area contributed by atoms with E-state index >= 15 is 0 Å². The largest absolute Gasteiger partial charge is 0.383 e. The Morgan fingerprint density at radius 1 is 1.47 bits per heavy atom. The Labute approximate surface area is 116 Å². The minimum atomic E-state index is -0.0625. The third kappa shape index (κ3) is 3.90. The number of amides is 1. The second-order valence-electron chi connectivity index (χ2n) is 4.19. The van der Waals surface area contributed by atoms with Crippen molar-refractivity contribution in [1.82, 2.24) is 10.3 Å². The molecule has 0 saturated carbocycles. The molecule has 2 aromatic rings. The zero-order valence-corrected chi connectivity index (χ0v) is 11.8. The number of nitrogens with zero attached hydrogens (tertiary/aromatic N) is 1. The molecular formula is C13H17N3O2S. The number of methoxy groups -OCH3 is 1. The van der Waals surface area contributed by atoms with Gasteiger partial charge < -0.3 is 15.4 Å². The van der Waals surface area contributed by atoms with Crippen LogP contribution in [0.2, 0.25) is 0 Å². The maximum Gasteiger partial charge on any atom is 0.239 e. The third-order valence-corrected chi connectivity index (χ3v) is 3.57. The fourth-order valence-electron chi connectivity index (χ4n) is 1.62. The molecule has 5 nitrogen and oxygen atoms in total. The number of anilines is 1. The monoisotopic (exact) mass is 279 g/mol. The quantitative estimate of drug-likeness (QED) is 0.791. The first-order chi connectivity index (χ1) is 9.19. The van der Waals surface area contributed by atoms with Crippen LogP contribution in [-0.4, -0.2) is 37.7 Å². The lowest BCUT2D eigenvalue weighted by Gasteiger charge is -2.04. The van der Waals surface area contributed by atoms with Gasteiger partial charge in [-0.15, -0.1) is 0 Å². The molecule has 0 fully saturated rings. The number of aryl methyl sites for hydroxylation is 1. The van der Waals surface area contributed by atoms with Crippen molar-refractivity contribution in [3.05, 3.63) is 23.8 Å². The Balaban J connectivity index is 1.89. The average Bonchev–Trinajstić information content (AvgIpc) is 2.78. The molecule has 2 N–H and O–H groups in total. The van der Waals surface area contributed by atoms with E-state index in [-0.39, 0.29) is 12.5 Å². The molecule has 6 heteroatoms. The second kappa shape index (κ2) is 6.49. The van der Waals surface area contributed by atoms with Crippen LogP contribution in [0.25, 0.3) is 10.2 Å². The number of nitrogens with one attached hydrogen (secondary N) is 2. The zero-order chi connectivity index (χ0) is 13.7. The Bertz CT molecular complexity index is 568. The summed E-state index contributed by atoms with van der Waals surface area (Å²) in [6.45, 7) is 3.31. The standard InChI is InChI=1S/C13H17N3O2S/c1-9-3-4-11-10(7-9)16-13(19-11)15-8-12(17)14-5-6-18-2/h3-4,7H,5-6,8H2,1-2H3,(H,14,17)(H,15,16). The van der Waals surface area contributed by atoms with E-state index in [1.54, 1.807) is 18.4 Å². The van der Waals surface area contributed by atoms with Gasteiger partial charge in [0.25, 0.3) is 0 Å². The Morgan fingerprint density at radius 3 is 3.11 bits per heavy atom. The van der Waals surface area contributed by atoms with Crippen molar-refractivity contribution in [1.29, 1.82) is 0 Å². The van der Waals surface area contributed by atoms with Crippen molar-refractivity contribution < 1.29 is 9.53 Å². The van der Waals surface area contributed by atoms with Gasteiger partial charge in [0.15, 0.2) is 5.13 Å². The molecule has 0 bridgehead atoms. The minimum Gasteiger partial charge on any atom is -0.383 e. The predicted molar refractivity (Wildman–Crippen MR) is 77.7 cm³/mol. The summed E-state index contributed by atoms with van der Waals surface area (Å²) in [6.07, 6.45) is 0. The molecule has 19 heavy (non-hydrogen) atoms. The normalized spacial score (nSPS) is 10.6. The summed E-state index contributed by atoms with van der Waals surface area (Å²) in [5, 5.41) is 6.55. The number of thiazole rings is 1. The van der Waals surface area contributed by atoms with E-state index in [2.05, 4.69) is 21.7 Å². The van der Waals surface area contributed by atoms with Crippen LogP contribution in [0, 0.1) is 6.92 Å². The topological polar surface area (TPSA) is 63.2 Å². The molecule has 1 heterocycles. The zero-order valence-electron chi connectivity index (χ0n) is 11.0. The highest BCUT2D eigenvalue weighted by Gasteiger charge is 2.05. The molecular weight excluding hydrogens is 262 g/mol. The van der Waals surface area contributed by atoms with Gasteiger partial charge in [0, 0.05) is 13.7 Å². The number of hydrogen-bond donors (Lipinski definition) is 2. The van der Waals surface area contributed by atoms with Gasteiger partial charge >= 0.3 is 0 Å². The average molecular weight is 279 g/mol. The lowest BCUT2D eigenvalue weighted by atomic mass is 10.2. The van der Waals surface area contributed by atoms with Crippen LogP contribution in [0.1, 0.15) is 5.56 Å². The van der Waals surface area contributed by atoms with Crippen LogP contribution < -0.4 is 10.6 Å². The Morgan fingerprint density at radius 2 is 2.32 bits per heavy atom. The maximum absolute atomic E-state index is 11.5. The highest BCUT2D eigenvalue weighted by molar-refractivity contribution is 7.22.